The van der Waals surface area contributed by atoms with E-state index in [4.69, 9.17) is 23.2 Å². The van der Waals surface area contributed by atoms with Crippen molar-refractivity contribution in [2.45, 2.75) is 0 Å². The van der Waals surface area contributed by atoms with Crippen molar-refractivity contribution >= 4 is 40.5 Å². The number of rotatable bonds is 3. The maximum atomic E-state index is 13.5. The van der Waals surface area contributed by atoms with E-state index in [1.165, 1.54) is 6.07 Å². The van der Waals surface area contributed by atoms with Gasteiger partial charge in [-0.3, -0.25) is 0 Å². The van der Waals surface area contributed by atoms with E-state index in [1.807, 2.05) is 0 Å². The molecule has 106 valence electrons. The van der Waals surface area contributed by atoms with Gasteiger partial charge in [-0.1, -0.05) is 23.2 Å². The lowest BCUT2D eigenvalue weighted by atomic mass is 10.2. The zero-order chi connectivity index (χ0) is 14.9. The Bertz CT molecular complexity index is 665. The number of nitrogens with zero attached hydrogens (tertiary/aromatic N) is 1. The topological polar surface area (TPSA) is 37.0 Å². The average Bonchev–Trinajstić information content (AvgIpc) is 2.38. The van der Waals surface area contributed by atoms with Crippen LogP contribution in [0.25, 0.3) is 0 Å². The Morgan fingerprint density at radius 2 is 1.50 bits per heavy atom. The predicted octanol–water partition coefficient (Wildman–Crippen LogP) is 4.59. The van der Waals surface area contributed by atoms with Gasteiger partial charge in [0.05, 0.1) is 15.7 Å². The summed E-state index contributed by atoms with van der Waals surface area (Å²) in [6.45, 7) is 0. The number of hydrogen-bond acceptors (Lipinski definition) is 3. The number of aromatic nitrogens is 1. The van der Waals surface area contributed by atoms with E-state index >= 15 is 0 Å². The zero-order valence-corrected chi connectivity index (χ0v) is 11.6. The van der Waals surface area contributed by atoms with Crippen molar-refractivity contribution in [1.82, 2.24) is 4.98 Å². The van der Waals surface area contributed by atoms with Crippen LogP contribution in [-0.2, 0) is 0 Å². The van der Waals surface area contributed by atoms with E-state index in [0.29, 0.717) is 18.0 Å². The van der Waals surface area contributed by atoms with Crippen LogP contribution in [0.2, 0.25) is 10.0 Å². The molecule has 0 atom stereocenters. The number of hydrogen-bond donors (Lipinski definition) is 2. The first-order valence-corrected chi connectivity index (χ1v) is 6.13. The summed E-state index contributed by atoms with van der Waals surface area (Å²) < 4.78 is 39.5. The van der Waals surface area contributed by atoms with E-state index in [-0.39, 0.29) is 21.6 Å². The van der Waals surface area contributed by atoms with Gasteiger partial charge in [0.15, 0.2) is 17.5 Å². The maximum Gasteiger partial charge on any atom is 0.161 e. The molecule has 0 saturated carbocycles. The number of halogens is 5. The molecule has 2 aromatic rings. The van der Waals surface area contributed by atoms with Gasteiger partial charge in [0.2, 0.25) is 0 Å². The molecule has 20 heavy (non-hydrogen) atoms. The van der Waals surface area contributed by atoms with Gasteiger partial charge >= 0.3 is 0 Å². The third-order valence-electron chi connectivity index (χ3n) is 2.43. The highest BCUT2D eigenvalue weighted by Crippen LogP contribution is 2.31. The molecule has 2 N–H and O–H groups in total. The van der Waals surface area contributed by atoms with Gasteiger partial charge < -0.3 is 10.6 Å². The molecule has 0 fully saturated rings. The summed E-state index contributed by atoms with van der Waals surface area (Å²) in [6.07, 6.45) is 0. The number of pyridine rings is 1. The van der Waals surface area contributed by atoms with Crippen LogP contribution in [0.4, 0.5) is 30.5 Å². The second kappa shape index (κ2) is 5.76. The van der Waals surface area contributed by atoms with Crippen molar-refractivity contribution in [2.24, 2.45) is 0 Å². The molecule has 0 amide bonds. The van der Waals surface area contributed by atoms with E-state index in [0.717, 1.165) is 0 Å². The van der Waals surface area contributed by atoms with Crippen molar-refractivity contribution in [3.63, 3.8) is 0 Å². The minimum Gasteiger partial charge on any atom is -0.372 e. The molecule has 1 aromatic carbocycles. The quantitative estimate of drug-likeness (QED) is 0.812. The fourth-order valence-electron chi connectivity index (χ4n) is 1.48. The Kier molecular flexibility index (Phi) is 4.25. The predicted molar refractivity (Wildman–Crippen MR) is 73.4 cm³/mol. The zero-order valence-electron chi connectivity index (χ0n) is 10.1. The summed E-state index contributed by atoms with van der Waals surface area (Å²) in [5.41, 5.74) is -0.289. The SMILES string of the molecule is CNc1nc(Nc2cc(F)c(F)cc2F)c(Cl)cc1Cl. The molecule has 1 heterocycles. The van der Waals surface area contributed by atoms with Crippen LogP contribution in [0.15, 0.2) is 18.2 Å². The van der Waals surface area contributed by atoms with Crippen molar-refractivity contribution < 1.29 is 13.2 Å². The van der Waals surface area contributed by atoms with Crippen LogP contribution in [0.5, 0.6) is 0 Å². The molecule has 0 aliphatic carbocycles. The summed E-state index contributed by atoms with van der Waals surface area (Å²) in [6, 6.07) is 2.50. The molecule has 0 spiro atoms. The van der Waals surface area contributed by atoms with Crippen LogP contribution in [-0.4, -0.2) is 12.0 Å². The molecule has 0 bridgehead atoms. The van der Waals surface area contributed by atoms with Crippen molar-refractivity contribution in [1.29, 1.82) is 0 Å². The van der Waals surface area contributed by atoms with Crippen LogP contribution < -0.4 is 10.6 Å². The van der Waals surface area contributed by atoms with E-state index in [9.17, 15) is 13.2 Å². The van der Waals surface area contributed by atoms with Gasteiger partial charge in [0.1, 0.15) is 11.6 Å². The molecule has 0 aliphatic heterocycles. The second-order valence-corrected chi connectivity index (χ2v) is 4.58. The largest absolute Gasteiger partial charge is 0.372 e. The minimum atomic E-state index is -1.28. The van der Waals surface area contributed by atoms with Crippen molar-refractivity contribution in [3.05, 3.63) is 45.7 Å². The van der Waals surface area contributed by atoms with Crippen LogP contribution in [0.3, 0.4) is 0 Å². The van der Waals surface area contributed by atoms with Crippen LogP contribution in [0.1, 0.15) is 0 Å². The summed E-state index contributed by atoms with van der Waals surface area (Å²) in [5, 5.41) is 5.58. The summed E-state index contributed by atoms with van der Waals surface area (Å²) in [5.74, 6) is -3.07. The van der Waals surface area contributed by atoms with Gasteiger partial charge in [0, 0.05) is 19.2 Å². The second-order valence-electron chi connectivity index (χ2n) is 3.77. The fraction of sp³-hybridized carbons (Fsp3) is 0.0833. The molecule has 0 radical (unpaired) electrons. The van der Waals surface area contributed by atoms with Gasteiger partial charge in [-0.2, -0.15) is 0 Å². The highest BCUT2D eigenvalue weighted by molar-refractivity contribution is 6.37. The number of anilines is 3. The van der Waals surface area contributed by atoms with Gasteiger partial charge in [-0.25, -0.2) is 18.2 Å². The Morgan fingerprint density at radius 1 is 0.900 bits per heavy atom. The summed E-state index contributed by atoms with van der Waals surface area (Å²) in [7, 11) is 1.59. The molecular weight excluding hydrogens is 314 g/mol. The van der Waals surface area contributed by atoms with Crippen molar-refractivity contribution in [2.75, 3.05) is 17.7 Å². The number of nitrogens with one attached hydrogen (secondary N) is 2. The molecule has 8 heteroatoms. The molecule has 0 saturated heterocycles. The molecular formula is C12H8Cl2F3N3. The highest BCUT2D eigenvalue weighted by Gasteiger charge is 2.13. The molecule has 0 aliphatic rings. The first kappa shape index (κ1) is 14.7. The Hall–Kier alpha value is -1.66. The third kappa shape index (κ3) is 2.91. The van der Waals surface area contributed by atoms with Crippen LogP contribution >= 0.6 is 23.2 Å². The van der Waals surface area contributed by atoms with E-state index < -0.39 is 17.5 Å². The normalized spacial score (nSPS) is 10.5. The summed E-state index contributed by atoms with van der Waals surface area (Å²) >= 11 is 11.8. The lowest BCUT2D eigenvalue weighted by Gasteiger charge is -2.11. The van der Waals surface area contributed by atoms with Gasteiger partial charge in [-0.15, -0.1) is 0 Å². The Morgan fingerprint density at radius 3 is 2.15 bits per heavy atom. The monoisotopic (exact) mass is 321 g/mol. The first-order valence-electron chi connectivity index (χ1n) is 5.37. The van der Waals surface area contributed by atoms with E-state index in [1.54, 1.807) is 7.05 Å². The first-order chi connectivity index (χ1) is 9.42. The maximum absolute atomic E-state index is 13.5. The molecule has 0 unspecified atom stereocenters. The average molecular weight is 322 g/mol. The third-order valence-corrected chi connectivity index (χ3v) is 3.01. The molecule has 2 rings (SSSR count). The van der Waals surface area contributed by atoms with Crippen molar-refractivity contribution in [3.8, 4) is 0 Å². The fourth-order valence-corrected chi connectivity index (χ4v) is 1.98. The van der Waals surface area contributed by atoms with Crippen LogP contribution in [0, 0.1) is 17.5 Å². The Labute approximate surface area is 122 Å². The smallest absolute Gasteiger partial charge is 0.161 e. The molecule has 1 aromatic heterocycles. The highest BCUT2D eigenvalue weighted by atomic mass is 35.5. The van der Waals surface area contributed by atoms with Gasteiger partial charge in [-0.05, 0) is 6.07 Å². The van der Waals surface area contributed by atoms with E-state index in [2.05, 4.69) is 15.6 Å². The minimum absolute atomic E-state index is 0.0605. The number of benzene rings is 1. The lowest BCUT2D eigenvalue weighted by Crippen LogP contribution is -2.02. The Balaban J connectivity index is 2.42. The van der Waals surface area contributed by atoms with Gasteiger partial charge in [0.25, 0.3) is 0 Å². The standard InChI is InChI=1S/C12H8Cl2F3N3/c1-18-11-5(13)2-6(14)12(20-11)19-10-4-8(16)7(15)3-9(10)17/h2-4H,1H3,(H2,18,19,20). The summed E-state index contributed by atoms with van der Waals surface area (Å²) in [4.78, 5) is 4.01. The molecule has 3 nitrogen and oxygen atoms in total. The lowest BCUT2D eigenvalue weighted by molar-refractivity contribution is 0.496.